The number of hydrogen-bond acceptors (Lipinski definition) is 4. The summed E-state index contributed by atoms with van der Waals surface area (Å²) >= 11 is 0. The lowest BCUT2D eigenvalue weighted by Crippen LogP contribution is -2.48. The van der Waals surface area contributed by atoms with Gasteiger partial charge in [-0.05, 0) is 24.1 Å². The monoisotopic (exact) mass is 319 g/mol. The van der Waals surface area contributed by atoms with Gasteiger partial charge in [-0.1, -0.05) is 19.9 Å². The lowest BCUT2D eigenvalue weighted by molar-refractivity contribution is -0.0295. The molecule has 2 rings (SSSR count). The molecule has 23 heavy (non-hydrogen) atoms. The number of nitrogens with zero attached hydrogens (tertiary/aromatic N) is 1. The van der Waals surface area contributed by atoms with Crippen molar-refractivity contribution in [2.45, 2.75) is 20.0 Å². The van der Waals surface area contributed by atoms with Crippen molar-refractivity contribution in [3.05, 3.63) is 35.4 Å². The van der Waals surface area contributed by atoms with E-state index in [9.17, 15) is 9.59 Å². The fourth-order valence-corrected chi connectivity index (χ4v) is 2.71. The average molecular weight is 319 g/mol. The normalized spacial score (nSPS) is 18.8. The minimum atomic E-state index is -0.542. The molecule has 1 unspecified atom stereocenters. The number of nitrogens with two attached hydrogens (primary N) is 1. The van der Waals surface area contributed by atoms with Crippen LogP contribution < -0.4 is 11.1 Å². The Labute approximate surface area is 137 Å². The molecule has 1 aromatic carbocycles. The van der Waals surface area contributed by atoms with Gasteiger partial charge in [0, 0.05) is 37.3 Å². The Morgan fingerprint density at radius 1 is 1.39 bits per heavy atom. The first-order valence-corrected chi connectivity index (χ1v) is 7.97. The van der Waals surface area contributed by atoms with Crippen molar-refractivity contribution >= 4 is 11.8 Å². The Morgan fingerprint density at radius 2 is 2.13 bits per heavy atom. The number of morpholine rings is 1. The molecule has 126 valence electrons. The molecule has 1 atom stereocenters. The lowest BCUT2D eigenvalue weighted by atomic mass is 10.1. The van der Waals surface area contributed by atoms with Gasteiger partial charge in [-0.3, -0.25) is 14.5 Å². The molecular formula is C17H25N3O3. The molecule has 0 spiro atoms. The second-order valence-corrected chi connectivity index (χ2v) is 6.30. The van der Waals surface area contributed by atoms with Gasteiger partial charge in [0.15, 0.2) is 0 Å². The van der Waals surface area contributed by atoms with E-state index in [1.807, 2.05) is 0 Å². The quantitative estimate of drug-likeness (QED) is 0.815. The topological polar surface area (TPSA) is 84.7 Å². The van der Waals surface area contributed by atoms with E-state index in [4.69, 9.17) is 10.5 Å². The number of carbonyl (C=O) groups is 2. The van der Waals surface area contributed by atoms with Crippen molar-refractivity contribution in [3.8, 4) is 0 Å². The third-order valence-corrected chi connectivity index (χ3v) is 3.75. The standard InChI is InChI=1S/C17H25N3O3/c1-12(2)10-20-6-7-23-15(11-20)9-19-17(22)14-5-3-4-13(8-14)16(18)21/h3-5,8,12,15H,6-7,9-11H2,1-2H3,(H2,18,21)(H,19,22). The molecule has 0 bridgehead atoms. The molecular weight excluding hydrogens is 294 g/mol. The van der Waals surface area contributed by atoms with Gasteiger partial charge in [-0.25, -0.2) is 0 Å². The van der Waals surface area contributed by atoms with E-state index >= 15 is 0 Å². The molecule has 6 nitrogen and oxygen atoms in total. The first-order chi connectivity index (χ1) is 11.0. The SMILES string of the molecule is CC(C)CN1CCOC(CNC(=O)c2cccc(C(N)=O)c2)C1. The maximum Gasteiger partial charge on any atom is 0.251 e. The van der Waals surface area contributed by atoms with E-state index in [1.165, 1.54) is 6.07 Å². The molecule has 1 aromatic rings. The van der Waals surface area contributed by atoms with Crippen LogP contribution in [-0.4, -0.2) is 55.6 Å². The largest absolute Gasteiger partial charge is 0.374 e. The van der Waals surface area contributed by atoms with E-state index in [2.05, 4.69) is 24.1 Å². The average Bonchev–Trinajstić information content (AvgIpc) is 2.52. The number of carbonyl (C=O) groups excluding carboxylic acids is 2. The van der Waals surface area contributed by atoms with Crippen LogP contribution in [0.3, 0.4) is 0 Å². The minimum Gasteiger partial charge on any atom is -0.374 e. The number of nitrogens with one attached hydrogen (secondary N) is 1. The fourth-order valence-electron chi connectivity index (χ4n) is 2.71. The van der Waals surface area contributed by atoms with Crippen molar-refractivity contribution in [1.82, 2.24) is 10.2 Å². The van der Waals surface area contributed by atoms with Crippen LogP contribution in [0.25, 0.3) is 0 Å². The Morgan fingerprint density at radius 3 is 2.83 bits per heavy atom. The Balaban J connectivity index is 1.86. The predicted molar refractivity (Wildman–Crippen MR) is 88.3 cm³/mol. The summed E-state index contributed by atoms with van der Waals surface area (Å²) in [7, 11) is 0. The lowest BCUT2D eigenvalue weighted by Gasteiger charge is -2.33. The van der Waals surface area contributed by atoms with Crippen molar-refractivity contribution in [2.24, 2.45) is 11.7 Å². The maximum atomic E-state index is 12.2. The second-order valence-electron chi connectivity index (χ2n) is 6.30. The summed E-state index contributed by atoms with van der Waals surface area (Å²) in [6.45, 7) is 8.31. The summed E-state index contributed by atoms with van der Waals surface area (Å²) < 4.78 is 5.71. The van der Waals surface area contributed by atoms with Crippen molar-refractivity contribution in [2.75, 3.05) is 32.8 Å². The molecule has 1 fully saturated rings. The highest BCUT2D eigenvalue weighted by molar-refractivity contribution is 5.99. The highest BCUT2D eigenvalue weighted by Crippen LogP contribution is 2.08. The smallest absolute Gasteiger partial charge is 0.251 e. The molecule has 0 aliphatic carbocycles. The van der Waals surface area contributed by atoms with Crippen LogP contribution in [0.5, 0.6) is 0 Å². The molecule has 0 aromatic heterocycles. The molecule has 1 saturated heterocycles. The van der Waals surface area contributed by atoms with Gasteiger partial charge < -0.3 is 15.8 Å². The van der Waals surface area contributed by atoms with Crippen LogP contribution in [0.4, 0.5) is 0 Å². The third-order valence-electron chi connectivity index (χ3n) is 3.75. The molecule has 0 saturated carbocycles. The van der Waals surface area contributed by atoms with Crippen LogP contribution in [-0.2, 0) is 4.74 Å². The predicted octanol–water partition coefficient (Wildman–Crippen LogP) is 0.872. The van der Waals surface area contributed by atoms with Gasteiger partial charge in [-0.2, -0.15) is 0 Å². The van der Waals surface area contributed by atoms with E-state index in [1.54, 1.807) is 18.2 Å². The van der Waals surface area contributed by atoms with E-state index in [0.717, 1.165) is 19.6 Å². The van der Waals surface area contributed by atoms with Crippen molar-refractivity contribution < 1.29 is 14.3 Å². The number of primary amides is 1. The summed E-state index contributed by atoms with van der Waals surface area (Å²) in [5, 5.41) is 2.87. The van der Waals surface area contributed by atoms with Gasteiger partial charge in [0.25, 0.3) is 5.91 Å². The van der Waals surface area contributed by atoms with Crippen LogP contribution in [0, 0.1) is 5.92 Å². The van der Waals surface area contributed by atoms with E-state index < -0.39 is 5.91 Å². The zero-order valence-corrected chi connectivity index (χ0v) is 13.7. The van der Waals surface area contributed by atoms with Gasteiger partial charge >= 0.3 is 0 Å². The van der Waals surface area contributed by atoms with E-state index in [-0.39, 0.29) is 12.0 Å². The maximum absolute atomic E-state index is 12.2. The van der Waals surface area contributed by atoms with Crippen molar-refractivity contribution in [1.29, 1.82) is 0 Å². The molecule has 1 aliphatic rings. The first kappa shape index (κ1) is 17.4. The van der Waals surface area contributed by atoms with Gasteiger partial charge in [0.1, 0.15) is 0 Å². The second kappa shape index (κ2) is 8.08. The zero-order chi connectivity index (χ0) is 16.8. The molecule has 3 N–H and O–H groups in total. The van der Waals surface area contributed by atoms with Gasteiger partial charge in [0.05, 0.1) is 12.7 Å². The Kier molecular flexibility index (Phi) is 6.12. The summed E-state index contributed by atoms with van der Waals surface area (Å²) in [4.78, 5) is 25.7. The van der Waals surface area contributed by atoms with Gasteiger partial charge in [-0.15, -0.1) is 0 Å². The number of rotatable bonds is 6. The summed E-state index contributed by atoms with van der Waals surface area (Å²) in [5.41, 5.74) is 5.99. The number of benzene rings is 1. The summed E-state index contributed by atoms with van der Waals surface area (Å²) in [6, 6.07) is 6.41. The molecule has 1 aliphatic heterocycles. The number of hydrogen-bond donors (Lipinski definition) is 2. The molecule has 2 amide bonds. The zero-order valence-electron chi connectivity index (χ0n) is 13.7. The van der Waals surface area contributed by atoms with Crippen LogP contribution in [0.1, 0.15) is 34.6 Å². The van der Waals surface area contributed by atoms with Gasteiger partial charge in [0.2, 0.25) is 5.91 Å². The van der Waals surface area contributed by atoms with Crippen LogP contribution >= 0.6 is 0 Å². The molecule has 6 heteroatoms. The first-order valence-electron chi connectivity index (χ1n) is 7.97. The summed E-state index contributed by atoms with van der Waals surface area (Å²) in [5.74, 6) is -0.155. The highest BCUT2D eigenvalue weighted by Gasteiger charge is 2.21. The third kappa shape index (κ3) is 5.33. The Hall–Kier alpha value is -1.92. The highest BCUT2D eigenvalue weighted by atomic mass is 16.5. The number of amides is 2. The minimum absolute atomic E-state index is 0.00854. The molecule has 1 heterocycles. The van der Waals surface area contributed by atoms with E-state index in [0.29, 0.717) is 30.2 Å². The number of ether oxygens (including phenoxy) is 1. The van der Waals surface area contributed by atoms with Crippen LogP contribution in [0.2, 0.25) is 0 Å². The summed E-state index contributed by atoms with van der Waals surface area (Å²) in [6.07, 6.45) is -0.00854. The van der Waals surface area contributed by atoms with Crippen LogP contribution in [0.15, 0.2) is 24.3 Å². The fraction of sp³-hybridized carbons (Fsp3) is 0.529. The van der Waals surface area contributed by atoms with Crippen molar-refractivity contribution in [3.63, 3.8) is 0 Å². The molecule has 0 radical (unpaired) electrons. The Bertz CT molecular complexity index is 560.